The SMILES string of the molecule is CC(=O)OC[C@H]1C=Cc2cccc(BF)c2O1. The van der Waals surface area contributed by atoms with Crippen molar-refractivity contribution in [2.45, 2.75) is 13.0 Å². The number of para-hydroxylation sites is 1. The Balaban J connectivity index is 2.14. The number of esters is 1. The molecule has 0 spiro atoms. The zero-order valence-electron chi connectivity index (χ0n) is 9.48. The van der Waals surface area contributed by atoms with E-state index in [1.54, 1.807) is 18.2 Å². The first-order valence-corrected chi connectivity index (χ1v) is 5.37. The normalized spacial score (nSPS) is 16.9. The van der Waals surface area contributed by atoms with Crippen molar-refractivity contribution in [3.63, 3.8) is 0 Å². The van der Waals surface area contributed by atoms with Crippen LogP contribution in [0.1, 0.15) is 12.5 Å². The van der Waals surface area contributed by atoms with Gasteiger partial charge in [0.2, 0.25) is 0 Å². The van der Waals surface area contributed by atoms with E-state index < -0.39 is 7.56 Å². The smallest absolute Gasteiger partial charge is 0.367 e. The van der Waals surface area contributed by atoms with Crippen LogP contribution in [0.2, 0.25) is 0 Å². The Morgan fingerprint density at radius 3 is 3.12 bits per heavy atom. The molecule has 1 heterocycles. The minimum atomic E-state index is -0.572. The Labute approximate surface area is 99.5 Å². The molecule has 88 valence electrons. The molecule has 1 aromatic rings. The number of rotatable bonds is 3. The third kappa shape index (κ3) is 2.67. The lowest BCUT2D eigenvalue weighted by molar-refractivity contribution is -0.142. The molecule has 1 aliphatic rings. The van der Waals surface area contributed by atoms with Crippen molar-refractivity contribution < 1.29 is 18.6 Å². The maximum atomic E-state index is 12.8. The van der Waals surface area contributed by atoms with Crippen molar-refractivity contribution in [1.82, 2.24) is 0 Å². The summed E-state index contributed by atoms with van der Waals surface area (Å²) in [5.41, 5.74) is 1.36. The second kappa shape index (κ2) is 5.04. The summed E-state index contributed by atoms with van der Waals surface area (Å²) in [6.07, 6.45) is 3.30. The van der Waals surface area contributed by atoms with Gasteiger partial charge < -0.3 is 13.8 Å². The van der Waals surface area contributed by atoms with Crippen molar-refractivity contribution >= 4 is 25.1 Å². The molecular formula is C12H12BFO3. The first-order valence-electron chi connectivity index (χ1n) is 5.37. The van der Waals surface area contributed by atoms with Crippen LogP contribution in [0, 0.1) is 0 Å². The Bertz CT molecular complexity index is 459. The van der Waals surface area contributed by atoms with Gasteiger partial charge >= 0.3 is 13.5 Å². The van der Waals surface area contributed by atoms with E-state index in [0.717, 1.165) is 5.56 Å². The fourth-order valence-electron chi connectivity index (χ4n) is 1.68. The Kier molecular flexibility index (Phi) is 3.47. The molecule has 0 unspecified atom stereocenters. The van der Waals surface area contributed by atoms with Gasteiger partial charge in [0.15, 0.2) is 6.10 Å². The highest BCUT2D eigenvalue weighted by molar-refractivity contribution is 6.47. The topological polar surface area (TPSA) is 35.5 Å². The minimum Gasteiger partial charge on any atom is -0.483 e. The van der Waals surface area contributed by atoms with Crippen molar-refractivity contribution in [3.05, 3.63) is 29.8 Å². The molecule has 1 atom stereocenters. The second-order valence-electron chi connectivity index (χ2n) is 3.79. The number of ether oxygens (including phenoxy) is 2. The van der Waals surface area contributed by atoms with Crippen LogP contribution in [-0.2, 0) is 9.53 Å². The van der Waals surface area contributed by atoms with Gasteiger partial charge in [0, 0.05) is 12.5 Å². The van der Waals surface area contributed by atoms with Gasteiger partial charge in [-0.15, -0.1) is 0 Å². The van der Waals surface area contributed by atoms with Gasteiger partial charge in [0.25, 0.3) is 0 Å². The fourth-order valence-corrected chi connectivity index (χ4v) is 1.68. The zero-order valence-corrected chi connectivity index (χ0v) is 9.48. The van der Waals surface area contributed by atoms with Gasteiger partial charge in [0.05, 0.1) is 0 Å². The maximum Gasteiger partial charge on any atom is 0.367 e. The van der Waals surface area contributed by atoms with E-state index in [1.807, 2.05) is 12.1 Å². The fraction of sp³-hybridized carbons (Fsp3) is 0.250. The highest BCUT2D eigenvalue weighted by Gasteiger charge is 2.18. The predicted octanol–water partition coefficient (Wildman–Crippen LogP) is 0.970. The second-order valence-corrected chi connectivity index (χ2v) is 3.79. The van der Waals surface area contributed by atoms with Crippen molar-refractivity contribution in [2.24, 2.45) is 0 Å². The summed E-state index contributed by atoms with van der Waals surface area (Å²) in [5, 5.41) is 0. The van der Waals surface area contributed by atoms with Crippen molar-refractivity contribution in [3.8, 4) is 5.75 Å². The van der Waals surface area contributed by atoms with E-state index >= 15 is 0 Å². The monoisotopic (exact) mass is 234 g/mol. The molecule has 0 amide bonds. The van der Waals surface area contributed by atoms with E-state index in [0.29, 0.717) is 11.2 Å². The minimum absolute atomic E-state index is 0.145. The summed E-state index contributed by atoms with van der Waals surface area (Å²) in [7, 11) is -0.572. The van der Waals surface area contributed by atoms with Crippen LogP contribution in [0.5, 0.6) is 5.75 Å². The summed E-state index contributed by atoms with van der Waals surface area (Å²) >= 11 is 0. The summed E-state index contributed by atoms with van der Waals surface area (Å²) in [6, 6.07) is 5.32. The molecule has 2 rings (SSSR count). The van der Waals surface area contributed by atoms with Crippen LogP contribution >= 0.6 is 0 Å². The number of carbonyl (C=O) groups is 1. The number of benzene rings is 1. The van der Waals surface area contributed by atoms with Crippen LogP contribution in [0.25, 0.3) is 6.08 Å². The van der Waals surface area contributed by atoms with E-state index in [2.05, 4.69) is 0 Å². The average molecular weight is 234 g/mol. The van der Waals surface area contributed by atoms with E-state index in [-0.39, 0.29) is 18.7 Å². The lowest BCUT2D eigenvalue weighted by Gasteiger charge is -2.22. The Morgan fingerprint density at radius 2 is 2.41 bits per heavy atom. The molecule has 0 fully saturated rings. The summed E-state index contributed by atoms with van der Waals surface area (Å²) in [4.78, 5) is 10.7. The van der Waals surface area contributed by atoms with Crippen molar-refractivity contribution in [2.75, 3.05) is 6.61 Å². The van der Waals surface area contributed by atoms with Crippen LogP contribution in [-0.4, -0.2) is 26.2 Å². The van der Waals surface area contributed by atoms with E-state index in [4.69, 9.17) is 9.47 Å². The van der Waals surface area contributed by atoms with Gasteiger partial charge in [-0.3, -0.25) is 4.79 Å². The summed E-state index contributed by atoms with van der Waals surface area (Å²) in [5.74, 6) is 0.182. The van der Waals surface area contributed by atoms with Crippen LogP contribution in [0.15, 0.2) is 24.3 Å². The van der Waals surface area contributed by atoms with Gasteiger partial charge in [-0.2, -0.15) is 0 Å². The van der Waals surface area contributed by atoms with Crippen LogP contribution in [0.3, 0.4) is 0 Å². The molecular weight excluding hydrogens is 222 g/mol. The molecule has 3 nitrogen and oxygen atoms in total. The molecule has 0 bridgehead atoms. The number of hydrogen-bond acceptors (Lipinski definition) is 3. The first-order chi connectivity index (χ1) is 8.20. The Hall–Kier alpha value is -1.78. The number of halogens is 1. The summed E-state index contributed by atoms with van der Waals surface area (Å²) < 4.78 is 23.2. The van der Waals surface area contributed by atoms with Gasteiger partial charge in [-0.05, 0) is 11.5 Å². The molecule has 0 saturated heterocycles. The lowest BCUT2D eigenvalue weighted by Crippen LogP contribution is -2.28. The average Bonchev–Trinajstić information content (AvgIpc) is 2.35. The van der Waals surface area contributed by atoms with Gasteiger partial charge in [-0.25, -0.2) is 0 Å². The molecule has 0 aliphatic carbocycles. The van der Waals surface area contributed by atoms with Crippen LogP contribution < -0.4 is 10.2 Å². The zero-order chi connectivity index (χ0) is 12.3. The van der Waals surface area contributed by atoms with Crippen molar-refractivity contribution in [1.29, 1.82) is 0 Å². The predicted molar refractivity (Wildman–Crippen MR) is 64.4 cm³/mol. The molecule has 5 heteroatoms. The van der Waals surface area contributed by atoms with E-state index in [1.165, 1.54) is 6.92 Å². The number of fused-ring (bicyclic) bond motifs is 1. The highest BCUT2D eigenvalue weighted by atomic mass is 19.1. The molecule has 1 aromatic carbocycles. The molecule has 1 aliphatic heterocycles. The van der Waals surface area contributed by atoms with Gasteiger partial charge in [0.1, 0.15) is 12.4 Å². The van der Waals surface area contributed by atoms with E-state index in [9.17, 15) is 9.11 Å². The third-order valence-corrected chi connectivity index (χ3v) is 2.48. The molecule has 0 N–H and O–H groups in total. The molecule has 17 heavy (non-hydrogen) atoms. The van der Waals surface area contributed by atoms with Crippen LogP contribution in [0.4, 0.5) is 4.32 Å². The molecule has 0 aromatic heterocycles. The maximum absolute atomic E-state index is 12.8. The Morgan fingerprint density at radius 1 is 1.59 bits per heavy atom. The largest absolute Gasteiger partial charge is 0.483 e. The first kappa shape index (κ1) is 11.7. The highest BCUT2D eigenvalue weighted by Crippen LogP contribution is 2.23. The van der Waals surface area contributed by atoms with Gasteiger partial charge in [-0.1, -0.05) is 24.3 Å². The number of carbonyl (C=O) groups excluding carboxylic acids is 1. The third-order valence-electron chi connectivity index (χ3n) is 2.48. The standard InChI is InChI=1S/C12H12BFO3/c1-8(15)16-7-10-6-5-9-3-2-4-11(13-14)12(9)17-10/h2-6,10,13H,7H2,1H3/t10-/m1/s1. The quantitative estimate of drug-likeness (QED) is 0.577. The molecule has 0 saturated carbocycles. The lowest BCUT2D eigenvalue weighted by atomic mass is 9.88. The number of hydrogen-bond donors (Lipinski definition) is 0. The molecule has 0 radical (unpaired) electrons. The summed E-state index contributed by atoms with van der Waals surface area (Å²) in [6.45, 7) is 1.49.